The normalized spacial score (nSPS) is 10.9. The molecule has 2 aromatic carbocycles. The summed E-state index contributed by atoms with van der Waals surface area (Å²) < 4.78 is 3.91. The van der Waals surface area contributed by atoms with Gasteiger partial charge in [0.1, 0.15) is 10.7 Å². The van der Waals surface area contributed by atoms with Gasteiger partial charge in [0.25, 0.3) is 0 Å². The van der Waals surface area contributed by atoms with E-state index in [4.69, 9.17) is 4.98 Å². The second-order valence-electron chi connectivity index (χ2n) is 5.72. The smallest absolute Gasteiger partial charge is 0.124 e. The van der Waals surface area contributed by atoms with Gasteiger partial charge in [-0.2, -0.15) is 0 Å². The first-order chi connectivity index (χ1) is 11.7. The van der Waals surface area contributed by atoms with Crippen molar-refractivity contribution in [3.05, 3.63) is 64.4 Å². The monoisotopic (exact) mass is 349 g/mol. The second kappa shape index (κ2) is 6.26. The summed E-state index contributed by atoms with van der Waals surface area (Å²) in [7, 11) is 0. The molecule has 4 rings (SSSR count). The molecule has 0 radical (unpaired) electrons. The van der Waals surface area contributed by atoms with Gasteiger partial charge in [0.2, 0.25) is 0 Å². The summed E-state index contributed by atoms with van der Waals surface area (Å²) in [6.45, 7) is 4.25. The number of benzene rings is 2. The molecular formula is C19H15N3S2. The molecule has 2 aromatic heterocycles. The molecule has 24 heavy (non-hydrogen) atoms. The third-order valence-corrected chi connectivity index (χ3v) is 5.35. The largest absolute Gasteiger partial charge is 0.236 e. The molecule has 0 saturated carbocycles. The minimum absolute atomic E-state index is 0.918. The van der Waals surface area contributed by atoms with Crippen LogP contribution in [0.3, 0.4) is 0 Å². The fourth-order valence-corrected chi connectivity index (χ4v) is 4.00. The lowest BCUT2D eigenvalue weighted by atomic mass is 10.0. The molecule has 2 heterocycles. The average Bonchev–Trinajstić information content (AvgIpc) is 3.27. The van der Waals surface area contributed by atoms with E-state index in [0.29, 0.717) is 0 Å². The Morgan fingerprint density at radius 3 is 2.33 bits per heavy atom. The molecule has 0 saturated heterocycles. The standard InChI is InChI=1S/C19H15N3S2/c1-12-3-8-16(13(2)9-12)18-10-23-19(20-18)15-6-4-14(5-7-15)17-11-24-22-21-17/h3-11H,1-2H3. The van der Waals surface area contributed by atoms with Gasteiger partial charge in [-0.25, -0.2) is 4.98 Å². The highest BCUT2D eigenvalue weighted by atomic mass is 32.1. The summed E-state index contributed by atoms with van der Waals surface area (Å²) >= 11 is 3.04. The van der Waals surface area contributed by atoms with Crippen molar-refractivity contribution in [2.75, 3.05) is 0 Å². The summed E-state index contributed by atoms with van der Waals surface area (Å²) in [5.41, 5.74) is 7.91. The van der Waals surface area contributed by atoms with Gasteiger partial charge in [0, 0.05) is 27.5 Å². The van der Waals surface area contributed by atoms with Crippen molar-refractivity contribution < 1.29 is 0 Å². The predicted molar refractivity (Wildman–Crippen MR) is 101 cm³/mol. The highest BCUT2D eigenvalue weighted by molar-refractivity contribution is 7.13. The maximum atomic E-state index is 4.83. The Morgan fingerprint density at radius 1 is 0.833 bits per heavy atom. The quantitative estimate of drug-likeness (QED) is 0.482. The zero-order valence-electron chi connectivity index (χ0n) is 13.4. The predicted octanol–water partition coefficient (Wildman–Crippen LogP) is 5.61. The van der Waals surface area contributed by atoms with Crippen LogP contribution in [0.2, 0.25) is 0 Å². The summed E-state index contributed by atoms with van der Waals surface area (Å²) in [6, 6.07) is 14.8. The highest BCUT2D eigenvalue weighted by Gasteiger charge is 2.09. The Kier molecular flexibility index (Phi) is 3.96. The van der Waals surface area contributed by atoms with Crippen molar-refractivity contribution in [2.45, 2.75) is 13.8 Å². The van der Waals surface area contributed by atoms with Crippen LogP contribution in [0.5, 0.6) is 0 Å². The molecule has 0 bridgehead atoms. The van der Waals surface area contributed by atoms with E-state index in [1.165, 1.54) is 28.2 Å². The number of nitrogens with zero attached hydrogens (tertiary/aromatic N) is 3. The Labute approximate surface area is 148 Å². The van der Waals surface area contributed by atoms with Crippen molar-refractivity contribution in [2.24, 2.45) is 0 Å². The first-order valence-electron chi connectivity index (χ1n) is 7.62. The molecule has 0 N–H and O–H groups in total. The van der Waals surface area contributed by atoms with Crippen LogP contribution < -0.4 is 0 Å². The summed E-state index contributed by atoms with van der Waals surface area (Å²) in [5.74, 6) is 0. The molecule has 0 aliphatic carbocycles. The van der Waals surface area contributed by atoms with Crippen molar-refractivity contribution in [1.82, 2.24) is 14.6 Å². The number of hydrogen-bond acceptors (Lipinski definition) is 5. The van der Waals surface area contributed by atoms with E-state index < -0.39 is 0 Å². The average molecular weight is 349 g/mol. The van der Waals surface area contributed by atoms with Crippen molar-refractivity contribution >= 4 is 22.9 Å². The van der Waals surface area contributed by atoms with E-state index in [9.17, 15) is 0 Å². The van der Waals surface area contributed by atoms with E-state index in [1.54, 1.807) is 11.3 Å². The number of aromatic nitrogens is 3. The van der Waals surface area contributed by atoms with Crippen molar-refractivity contribution in [3.8, 4) is 33.1 Å². The fraction of sp³-hybridized carbons (Fsp3) is 0.105. The maximum Gasteiger partial charge on any atom is 0.124 e. The molecular weight excluding hydrogens is 334 g/mol. The Balaban J connectivity index is 1.65. The van der Waals surface area contributed by atoms with Crippen LogP contribution in [-0.2, 0) is 0 Å². The Hall–Kier alpha value is -2.37. The number of aryl methyl sites for hydroxylation is 2. The molecule has 0 aliphatic rings. The van der Waals surface area contributed by atoms with Crippen LogP contribution in [0, 0.1) is 13.8 Å². The van der Waals surface area contributed by atoms with Crippen molar-refractivity contribution in [3.63, 3.8) is 0 Å². The maximum absolute atomic E-state index is 4.83. The van der Waals surface area contributed by atoms with E-state index in [0.717, 1.165) is 27.5 Å². The first kappa shape index (κ1) is 15.2. The Bertz CT molecular complexity index is 970. The third kappa shape index (κ3) is 2.88. The van der Waals surface area contributed by atoms with Crippen LogP contribution >= 0.6 is 22.9 Å². The number of thiazole rings is 1. The van der Waals surface area contributed by atoms with E-state index in [1.807, 2.05) is 5.38 Å². The first-order valence-corrected chi connectivity index (χ1v) is 9.33. The lowest BCUT2D eigenvalue weighted by Crippen LogP contribution is -1.85. The molecule has 3 nitrogen and oxygen atoms in total. The van der Waals surface area contributed by atoms with Gasteiger partial charge in [0.05, 0.1) is 5.69 Å². The Morgan fingerprint density at radius 2 is 1.62 bits per heavy atom. The molecule has 0 amide bonds. The van der Waals surface area contributed by atoms with Crippen molar-refractivity contribution in [1.29, 1.82) is 0 Å². The zero-order valence-corrected chi connectivity index (χ0v) is 15.0. The van der Waals surface area contributed by atoms with E-state index in [-0.39, 0.29) is 0 Å². The molecule has 0 unspecified atom stereocenters. The SMILES string of the molecule is Cc1ccc(-c2csc(-c3ccc(-c4csnn4)cc3)n2)c(C)c1. The summed E-state index contributed by atoms with van der Waals surface area (Å²) in [5, 5.41) is 9.23. The number of hydrogen-bond donors (Lipinski definition) is 0. The molecule has 118 valence electrons. The van der Waals surface area contributed by atoms with Gasteiger partial charge in [-0.15, -0.1) is 16.4 Å². The van der Waals surface area contributed by atoms with E-state index in [2.05, 4.69) is 71.3 Å². The van der Waals surface area contributed by atoms with Gasteiger partial charge in [-0.05, 0) is 30.9 Å². The van der Waals surface area contributed by atoms with E-state index >= 15 is 0 Å². The lowest BCUT2D eigenvalue weighted by Gasteiger charge is -2.03. The van der Waals surface area contributed by atoms with Gasteiger partial charge < -0.3 is 0 Å². The fourth-order valence-electron chi connectivity index (χ4n) is 2.70. The number of rotatable bonds is 3. The lowest BCUT2D eigenvalue weighted by molar-refractivity contribution is 1.16. The molecule has 0 spiro atoms. The zero-order chi connectivity index (χ0) is 16.5. The molecule has 0 fully saturated rings. The van der Waals surface area contributed by atoms with Crippen LogP contribution in [0.1, 0.15) is 11.1 Å². The van der Waals surface area contributed by atoms with Gasteiger partial charge in [0.15, 0.2) is 0 Å². The van der Waals surface area contributed by atoms with Crippen LogP contribution in [0.15, 0.2) is 53.2 Å². The van der Waals surface area contributed by atoms with Gasteiger partial charge in [-0.3, -0.25) is 0 Å². The minimum Gasteiger partial charge on any atom is -0.236 e. The second-order valence-corrected chi connectivity index (χ2v) is 7.19. The van der Waals surface area contributed by atoms with Crippen LogP contribution in [-0.4, -0.2) is 14.6 Å². The van der Waals surface area contributed by atoms with Crippen LogP contribution in [0.25, 0.3) is 33.1 Å². The molecule has 4 aromatic rings. The van der Waals surface area contributed by atoms with Gasteiger partial charge in [-0.1, -0.05) is 52.5 Å². The summed E-state index contributed by atoms with van der Waals surface area (Å²) in [6.07, 6.45) is 0. The topological polar surface area (TPSA) is 38.7 Å². The third-order valence-electron chi connectivity index (χ3n) is 3.95. The summed E-state index contributed by atoms with van der Waals surface area (Å²) in [4.78, 5) is 4.83. The molecule has 0 aliphatic heterocycles. The molecule has 0 atom stereocenters. The minimum atomic E-state index is 0.918. The van der Waals surface area contributed by atoms with Gasteiger partial charge >= 0.3 is 0 Å². The van der Waals surface area contributed by atoms with Crippen LogP contribution in [0.4, 0.5) is 0 Å². The highest BCUT2D eigenvalue weighted by Crippen LogP contribution is 2.31. The molecule has 5 heteroatoms.